The van der Waals surface area contributed by atoms with Crippen molar-refractivity contribution in [3.8, 4) is 5.75 Å². The van der Waals surface area contributed by atoms with Crippen LogP contribution in [0.2, 0.25) is 0 Å². The number of benzene rings is 1. The summed E-state index contributed by atoms with van der Waals surface area (Å²) in [5.74, 6) is -0.774. The van der Waals surface area contributed by atoms with Crippen LogP contribution in [0.1, 0.15) is 13.8 Å². The number of ether oxygens (including phenoxy) is 1. The SMILES string of the molecule is CCOP(=O)(OCC)C(COc1ccccc1)C(=O)O. The Morgan fingerprint density at radius 2 is 1.75 bits per heavy atom. The van der Waals surface area contributed by atoms with Crippen LogP contribution >= 0.6 is 7.60 Å². The molecule has 0 bridgehead atoms. The molecule has 0 aromatic heterocycles. The van der Waals surface area contributed by atoms with Gasteiger partial charge >= 0.3 is 13.6 Å². The highest BCUT2D eigenvalue weighted by Gasteiger charge is 2.42. The van der Waals surface area contributed by atoms with Crippen LogP contribution in [0.5, 0.6) is 5.75 Å². The van der Waals surface area contributed by atoms with E-state index >= 15 is 0 Å². The second-order valence-corrected chi connectivity index (χ2v) is 6.07. The number of hydrogen-bond acceptors (Lipinski definition) is 5. The molecule has 20 heavy (non-hydrogen) atoms. The predicted molar refractivity (Wildman–Crippen MR) is 74.2 cm³/mol. The van der Waals surface area contributed by atoms with Gasteiger partial charge in [-0.2, -0.15) is 0 Å². The third-order valence-corrected chi connectivity index (χ3v) is 4.81. The van der Waals surface area contributed by atoms with E-state index in [4.69, 9.17) is 13.8 Å². The summed E-state index contributed by atoms with van der Waals surface area (Å²) in [6.07, 6.45) is 0. The third-order valence-electron chi connectivity index (χ3n) is 2.44. The molecule has 0 heterocycles. The van der Waals surface area contributed by atoms with Crippen LogP contribution < -0.4 is 4.74 Å². The van der Waals surface area contributed by atoms with Crippen molar-refractivity contribution in [2.45, 2.75) is 19.5 Å². The molecule has 0 aliphatic heterocycles. The number of carbonyl (C=O) groups is 1. The van der Waals surface area contributed by atoms with Gasteiger partial charge in [0.05, 0.1) is 13.2 Å². The summed E-state index contributed by atoms with van der Waals surface area (Å²) in [5, 5.41) is 9.23. The predicted octanol–water partition coefficient (Wildman–Crippen LogP) is 2.78. The van der Waals surface area contributed by atoms with Gasteiger partial charge < -0.3 is 18.9 Å². The van der Waals surface area contributed by atoms with E-state index in [0.717, 1.165) is 0 Å². The summed E-state index contributed by atoms with van der Waals surface area (Å²) in [4.78, 5) is 11.3. The molecule has 1 unspecified atom stereocenters. The zero-order valence-corrected chi connectivity index (χ0v) is 12.4. The first-order valence-electron chi connectivity index (χ1n) is 6.33. The van der Waals surface area contributed by atoms with Crippen molar-refractivity contribution in [3.05, 3.63) is 30.3 Å². The molecule has 0 fully saturated rings. The van der Waals surface area contributed by atoms with Crippen molar-refractivity contribution in [2.24, 2.45) is 0 Å². The van der Waals surface area contributed by atoms with Gasteiger partial charge in [0.15, 0.2) is 5.66 Å². The number of rotatable bonds is 9. The number of carboxylic acids is 1. The van der Waals surface area contributed by atoms with Crippen LogP contribution in [-0.4, -0.2) is 36.6 Å². The summed E-state index contributed by atoms with van der Waals surface area (Å²) in [6.45, 7) is 3.18. The molecule has 112 valence electrons. The lowest BCUT2D eigenvalue weighted by Crippen LogP contribution is -2.29. The minimum Gasteiger partial charge on any atom is -0.492 e. The fourth-order valence-electron chi connectivity index (χ4n) is 1.57. The summed E-state index contributed by atoms with van der Waals surface area (Å²) in [6, 6.07) is 8.70. The maximum atomic E-state index is 12.5. The Bertz CT molecular complexity index is 451. The van der Waals surface area contributed by atoms with E-state index in [-0.39, 0.29) is 19.8 Å². The van der Waals surface area contributed by atoms with Crippen LogP contribution in [-0.2, 0) is 18.4 Å². The van der Waals surface area contributed by atoms with Gasteiger partial charge in [-0.05, 0) is 26.0 Å². The molecule has 0 aliphatic carbocycles. The quantitative estimate of drug-likeness (QED) is 0.706. The Kier molecular flexibility index (Phi) is 6.71. The van der Waals surface area contributed by atoms with Crippen LogP contribution in [0, 0.1) is 0 Å². The standard InChI is InChI=1S/C13H19O6P/c1-3-18-20(16,19-4-2)12(13(14)15)10-17-11-8-6-5-7-9-11/h5-9,12H,3-4,10H2,1-2H3,(H,14,15). The number of hydrogen-bond donors (Lipinski definition) is 1. The van der Waals surface area contributed by atoms with Gasteiger partial charge in [0.2, 0.25) is 0 Å². The topological polar surface area (TPSA) is 82.1 Å². The number of carboxylic acid groups (broad SMARTS) is 1. The van der Waals surface area contributed by atoms with Crippen molar-refractivity contribution in [1.82, 2.24) is 0 Å². The fraction of sp³-hybridized carbons (Fsp3) is 0.462. The van der Waals surface area contributed by atoms with Crippen molar-refractivity contribution in [1.29, 1.82) is 0 Å². The van der Waals surface area contributed by atoms with Gasteiger partial charge in [0.1, 0.15) is 12.4 Å². The number of para-hydroxylation sites is 1. The first-order valence-corrected chi connectivity index (χ1v) is 7.94. The molecular weight excluding hydrogens is 283 g/mol. The van der Waals surface area contributed by atoms with Gasteiger partial charge in [0.25, 0.3) is 0 Å². The van der Waals surface area contributed by atoms with Crippen molar-refractivity contribution in [2.75, 3.05) is 19.8 Å². The molecule has 0 aliphatic rings. The molecule has 1 atom stereocenters. The smallest absolute Gasteiger partial charge is 0.348 e. The zero-order chi connectivity index (χ0) is 15.0. The van der Waals surface area contributed by atoms with Gasteiger partial charge in [-0.15, -0.1) is 0 Å². The molecule has 1 N–H and O–H groups in total. The molecular formula is C13H19O6P. The summed E-state index contributed by atoms with van der Waals surface area (Å²) < 4.78 is 27.9. The molecule has 6 nitrogen and oxygen atoms in total. The minimum atomic E-state index is -3.75. The molecule has 0 spiro atoms. The normalized spacial score (nSPS) is 12.9. The Hall–Kier alpha value is -1.36. The molecule has 0 saturated carbocycles. The lowest BCUT2D eigenvalue weighted by atomic mass is 10.3. The molecule has 1 aromatic carbocycles. The third kappa shape index (κ3) is 4.63. The Morgan fingerprint density at radius 1 is 1.20 bits per heavy atom. The van der Waals surface area contributed by atoms with E-state index in [1.807, 2.05) is 6.07 Å². The average molecular weight is 302 g/mol. The highest BCUT2D eigenvalue weighted by Crippen LogP contribution is 2.53. The highest BCUT2D eigenvalue weighted by atomic mass is 31.2. The molecule has 0 saturated heterocycles. The molecule has 0 amide bonds. The minimum absolute atomic E-state index is 0.104. The van der Waals surface area contributed by atoms with Gasteiger partial charge in [0, 0.05) is 0 Å². The maximum absolute atomic E-state index is 12.5. The number of aliphatic carboxylic acids is 1. The summed E-state index contributed by atoms with van der Waals surface area (Å²) >= 11 is 0. The largest absolute Gasteiger partial charge is 0.492 e. The van der Waals surface area contributed by atoms with E-state index in [1.165, 1.54) is 0 Å². The van der Waals surface area contributed by atoms with Crippen LogP contribution in [0.15, 0.2) is 30.3 Å². The van der Waals surface area contributed by atoms with Crippen molar-refractivity contribution in [3.63, 3.8) is 0 Å². The Labute approximate surface area is 118 Å². The van der Waals surface area contributed by atoms with Crippen molar-refractivity contribution >= 4 is 13.6 Å². The zero-order valence-electron chi connectivity index (χ0n) is 11.5. The van der Waals surface area contributed by atoms with E-state index in [9.17, 15) is 14.5 Å². The lowest BCUT2D eigenvalue weighted by Gasteiger charge is -2.23. The van der Waals surface area contributed by atoms with E-state index < -0.39 is 19.2 Å². The second-order valence-electron chi connectivity index (χ2n) is 3.85. The first kappa shape index (κ1) is 16.7. The molecule has 1 rings (SSSR count). The maximum Gasteiger partial charge on any atom is 0.348 e. The Morgan fingerprint density at radius 3 is 2.20 bits per heavy atom. The van der Waals surface area contributed by atoms with Gasteiger partial charge in [-0.25, -0.2) is 0 Å². The summed E-state index contributed by atoms with van der Waals surface area (Å²) in [7, 11) is -3.75. The van der Waals surface area contributed by atoms with Gasteiger partial charge in [-0.3, -0.25) is 9.36 Å². The lowest BCUT2D eigenvalue weighted by molar-refractivity contribution is -0.137. The second kappa shape index (κ2) is 8.04. The van der Waals surface area contributed by atoms with Crippen LogP contribution in [0.3, 0.4) is 0 Å². The molecule has 7 heteroatoms. The monoisotopic (exact) mass is 302 g/mol. The van der Waals surface area contributed by atoms with E-state index in [0.29, 0.717) is 5.75 Å². The first-order chi connectivity index (χ1) is 9.53. The Balaban J connectivity index is 2.82. The summed E-state index contributed by atoms with van der Waals surface area (Å²) in [5.41, 5.74) is -1.36. The highest BCUT2D eigenvalue weighted by molar-refractivity contribution is 7.55. The molecule has 0 radical (unpaired) electrons. The van der Waals surface area contributed by atoms with Gasteiger partial charge in [-0.1, -0.05) is 18.2 Å². The van der Waals surface area contributed by atoms with E-state index in [2.05, 4.69) is 0 Å². The van der Waals surface area contributed by atoms with Crippen LogP contribution in [0.25, 0.3) is 0 Å². The van der Waals surface area contributed by atoms with Crippen molar-refractivity contribution < 1.29 is 28.3 Å². The van der Waals surface area contributed by atoms with E-state index in [1.54, 1.807) is 38.1 Å². The average Bonchev–Trinajstić information content (AvgIpc) is 2.40. The van der Waals surface area contributed by atoms with Crippen LogP contribution in [0.4, 0.5) is 0 Å². The molecule has 1 aromatic rings. The fourth-order valence-corrected chi connectivity index (χ4v) is 3.25.